The third-order valence-corrected chi connectivity index (χ3v) is 21.5. The summed E-state index contributed by atoms with van der Waals surface area (Å²) in [5.41, 5.74) is 0. The third kappa shape index (κ3) is 62.7. The minimum atomic E-state index is -5.51. The number of phosphoric ester groups is 1. The Bertz CT molecular complexity index is 2190. The Morgan fingerprint density at radius 1 is 0.394 bits per heavy atom. The maximum atomic E-state index is 14.8. The molecule has 0 aliphatic carbocycles. The van der Waals surface area contributed by atoms with Gasteiger partial charge in [-0.25, -0.2) is 4.57 Å². The van der Waals surface area contributed by atoms with Gasteiger partial charge >= 0.3 is 31.7 Å². The molecular weight excluding hydrogens is 1410 g/mol. The van der Waals surface area contributed by atoms with E-state index in [9.17, 15) is 53.3 Å². The van der Waals surface area contributed by atoms with Gasteiger partial charge in [-0.15, -0.1) is 0 Å². The van der Waals surface area contributed by atoms with Crippen LogP contribution in [0.4, 0.5) is 0 Å². The van der Waals surface area contributed by atoms with Crippen molar-refractivity contribution in [3.05, 3.63) is 0 Å². The van der Waals surface area contributed by atoms with Crippen LogP contribution < -0.4 is 10.6 Å². The molecule has 0 bridgehead atoms. The molecule has 9 atom stereocenters. The highest BCUT2D eigenvalue weighted by Crippen LogP contribution is 2.42. The number of carbonyl (C=O) groups excluding carboxylic acids is 6. The lowest BCUT2D eigenvalue weighted by Gasteiger charge is -2.45. The zero-order valence-electron chi connectivity index (χ0n) is 71.1. The standard InChI is InChI=1S/C81H153N2O18P.C6H15N/c1-7-13-19-25-31-34-40-43-49-55-68(96-74(88)58-52-46-37-28-22-16-10-4)61-72(86)82-67(64-84)66-95-81-78(83-73(87)62-69(56-50-44-41-35-32-26-20-14-8-2)97-75(89)59-53-47-38-29-23-17-11-5)80(79(71(65-85)99-81)101-102(92,93)94)100-77(91)63-70(57-51-45-42-36-33-27-21-15-9-3)98-76(90)60-54-48-39-30-24-18-12-6;1-4-7(5-2)6-3/h67-71,78-81,84-85H,7-66H2,1-6H3,(H,82,86)(H,83,87)(H2,92,93,94);4-6H2,1-3H3/t67-,68-,69-,70-,71-,78+,79-,80-,81+;/m1./s1. The summed E-state index contributed by atoms with van der Waals surface area (Å²) in [6.45, 7) is 21.1. The Labute approximate surface area is 664 Å². The maximum Gasteiger partial charge on any atom is 0.470 e. The van der Waals surface area contributed by atoms with Crippen molar-refractivity contribution in [3.63, 3.8) is 0 Å². The number of nitrogens with one attached hydrogen (secondary N) is 2. The maximum absolute atomic E-state index is 14.8. The van der Waals surface area contributed by atoms with Crippen molar-refractivity contribution >= 4 is 43.5 Å². The highest BCUT2D eigenvalue weighted by atomic mass is 31.2. The number of ether oxygens (including phenoxy) is 6. The Morgan fingerprint density at radius 2 is 0.697 bits per heavy atom. The molecule has 1 rings (SSSR count). The summed E-state index contributed by atoms with van der Waals surface area (Å²) in [6.07, 6.45) is 40.4. The molecule has 22 heteroatoms. The van der Waals surface area contributed by atoms with Gasteiger partial charge in [0.15, 0.2) is 12.4 Å². The van der Waals surface area contributed by atoms with Crippen LogP contribution >= 0.6 is 7.82 Å². The van der Waals surface area contributed by atoms with Crippen LogP contribution in [0.15, 0.2) is 0 Å². The van der Waals surface area contributed by atoms with Crippen molar-refractivity contribution in [1.82, 2.24) is 15.5 Å². The molecule has 0 aromatic carbocycles. The van der Waals surface area contributed by atoms with Gasteiger partial charge < -0.3 is 64.0 Å². The molecule has 0 spiro atoms. The smallest absolute Gasteiger partial charge is 0.462 e. The van der Waals surface area contributed by atoms with Gasteiger partial charge in [0.05, 0.1) is 45.1 Å². The average molecular weight is 1580 g/mol. The summed E-state index contributed by atoms with van der Waals surface area (Å²) < 4.78 is 55.3. The van der Waals surface area contributed by atoms with Crippen molar-refractivity contribution in [2.24, 2.45) is 0 Å². The Morgan fingerprint density at radius 3 is 0.991 bits per heavy atom. The zero-order chi connectivity index (χ0) is 80.6. The van der Waals surface area contributed by atoms with E-state index in [-0.39, 0.29) is 38.1 Å². The molecule has 0 radical (unpaired) electrons. The molecule has 21 nitrogen and oxygen atoms in total. The van der Waals surface area contributed by atoms with E-state index < -0.39 is 119 Å². The van der Waals surface area contributed by atoms with Gasteiger partial charge in [-0.2, -0.15) is 0 Å². The molecule has 109 heavy (non-hydrogen) atoms. The number of amides is 2. The highest BCUT2D eigenvalue weighted by molar-refractivity contribution is 7.46. The summed E-state index contributed by atoms with van der Waals surface area (Å²) in [5, 5.41) is 27.5. The average Bonchev–Trinajstić information content (AvgIpc) is 0.780. The summed E-state index contributed by atoms with van der Waals surface area (Å²) in [5.74, 6) is -3.52. The van der Waals surface area contributed by atoms with Crippen LogP contribution in [0.3, 0.4) is 0 Å². The van der Waals surface area contributed by atoms with E-state index >= 15 is 0 Å². The third-order valence-electron chi connectivity index (χ3n) is 21.0. The minimum Gasteiger partial charge on any atom is -0.462 e. The van der Waals surface area contributed by atoms with E-state index in [0.717, 1.165) is 218 Å². The van der Waals surface area contributed by atoms with Gasteiger partial charge in [0.25, 0.3) is 0 Å². The molecule has 0 aromatic heterocycles. The number of nitrogens with zero attached hydrogens (tertiary/aromatic N) is 1. The molecule has 1 aliphatic rings. The first-order chi connectivity index (χ1) is 52.8. The van der Waals surface area contributed by atoms with E-state index in [2.05, 4.69) is 77.8 Å². The Kier molecular flexibility index (Phi) is 72.6. The van der Waals surface area contributed by atoms with Crippen molar-refractivity contribution in [2.45, 2.75) is 483 Å². The number of carbonyl (C=O) groups is 6. The van der Waals surface area contributed by atoms with Crippen LogP contribution in [0, 0.1) is 0 Å². The van der Waals surface area contributed by atoms with Crippen molar-refractivity contribution in [3.8, 4) is 0 Å². The number of rotatable bonds is 76. The van der Waals surface area contributed by atoms with E-state index in [1.165, 1.54) is 77.4 Å². The van der Waals surface area contributed by atoms with Crippen LogP contribution in [0.2, 0.25) is 0 Å². The van der Waals surface area contributed by atoms with E-state index in [1.807, 2.05) is 0 Å². The summed E-state index contributed by atoms with van der Waals surface area (Å²) in [4.78, 5) is 107. The lowest BCUT2D eigenvalue weighted by molar-refractivity contribution is -0.272. The topological polar surface area (TPSA) is 292 Å². The number of phosphoric acid groups is 1. The predicted molar refractivity (Wildman–Crippen MR) is 440 cm³/mol. The van der Waals surface area contributed by atoms with E-state index in [4.69, 9.17) is 32.9 Å². The fourth-order valence-electron chi connectivity index (χ4n) is 14.2. The summed E-state index contributed by atoms with van der Waals surface area (Å²) in [6, 6.07) is -2.80. The Hall–Kier alpha value is -3.27. The normalized spacial score (nSPS) is 16.9. The van der Waals surface area contributed by atoms with Crippen LogP contribution in [-0.2, 0) is 66.3 Å². The zero-order valence-corrected chi connectivity index (χ0v) is 72.0. The van der Waals surface area contributed by atoms with Gasteiger partial charge in [-0.3, -0.25) is 33.3 Å². The minimum absolute atomic E-state index is 0.150. The van der Waals surface area contributed by atoms with Gasteiger partial charge in [0.2, 0.25) is 11.8 Å². The fourth-order valence-corrected chi connectivity index (χ4v) is 14.8. The molecule has 0 unspecified atom stereocenters. The van der Waals surface area contributed by atoms with Crippen LogP contribution in [0.1, 0.15) is 428 Å². The second kappa shape index (κ2) is 74.8. The molecule has 2 amide bonds. The quantitative estimate of drug-likeness (QED) is 0.0143. The monoisotopic (exact) mass is 1570 g/mol. The van der Waals surface area contributed by atoms with Crippen LogP contribution in [0.25, 0.3) is 0 Å². The Balaban J connectivity index is 0.0000158. The summed E-state index contributed by atoms with van der Waals surface area (Å²) in [7, 11) is -5.51. The van der Waals surface area contributed by atoms with E-state index in [0.29, 0.717) is 51.4 Å². The van der Waals surface area contributed by atoms with Crippen LogP contribution in [-0.4, -0.2) is 155 Å². The fraction of sp³-hybridized carbons (Fsp3) is 0.931. The first kappa shape index (κ1) is 106. The molecule has 1 saturated heterocycles. The number of hydrogen-bond acceptors (Lipinski definition) is 17. The molecule has 0 aromatic rings. The first-order valence-corrected chi connectivity index (χ1v) is 46.7. The van der Waals surface area contributed by atoms with Gasteiger partial charge in [0.1, 0.15) is 36.6 Å². The number of esters is 4. The van der Waals surface area contributed by atoms with Gasteiger partial charge in [-0.1, -0.05) is 332 Å². The second-order valence-corrected chi connectivity index (χ2v) is 32.3. The first-order valence-electron chi connectivity index (χ1n) is 45.1. The second-order valence-electron chi connectivity index (χ2n) is 31.1. The number of aliphatic hydroxyl groups is 2. The van der Waals surface area contributed by atoms with Crippen molar-refractivity contribution in [2.75, 3.05) is 39.5 Å². The number of aliphatic hydroxyl groups excluding tert-OH is 2. The molecule has 1 aliphatic heterocycles. The lowest BCUT2D eigenvalue weighted by Crippen LogP contribution is -2.66. The van der Waals surface area contributed by atoms with Gasteiger partial charge in [0, 0.05) is 19.3 Å². The molecule has 644 valence electrons. The largest absolute Gasteiger partial charge is 0.470 e. The van der Waals surface area contributed by atoms with Gasteiger partial charge in [-0.05, 0) is 77.4 Å². The van der Waals surface area contributed by atoms with Crippen molar-refractivity contribution < 1.29 is 86.3 Å². The predicted octanol–water partition coefficient (Wildman–Crippen LogP) is 20.5. The van der Waals surface area contributed by atoms with Crippen LogP contribution in [0.5, 0.6) is 0 Å². The highest BCUT2D eigenvalue weighted by Gasteiger charge is 2.52. The van der Waals surface area contributed by atoms with Crippen molar-refractivity contribution in [1.29, 1.82) is 0 Å². The SMILES string of the molecule is CCCCCCCCCCC[C@H](CC(=O)N[C@H](CO)CO[C@H]1O[C@H](CO)[C@@H](OP(=O)(O)O)[C@H](OC(=O)C[C@@H](CCCCCCCCCCC)OC(=O)CCCCCCCCC)[C@@H]1NC(=O)C[C@@H](CCCCCCCCCCC)OC(=O)CCCCCCCCC)OC(=O)CCCCCCCCC.CCN(CC)CC. The molecule has 6 N–H and O–H groups in total. The van der Waals surface area contributed by atoms with E-state index in [1.54, 1.807) is 0 Å². The molecular formula is C87H168N3O18P. The number of unbranched alkanes of at least 4 members (excludes halogenated alkanes) is 42. The molecule has 0 saturated carbocycles. The summed E-state index contributed by atoms with van der Waals surface area (Å²) >= 11 is 0. The number of hydrogen-bond donors (Lipinski definition) is 6. The lowest BCUT2D eigenvalue weighted by atomic mass is 9.95. The molecule has 1 heterocycles. The molecule has 1 fully saturated rings.